The maximum atomic E-state index is 10.4. The second-order valence-corrected chi connectivity index (χ2v) is 4.61. The fourth-order valence-electron chi connectivity index (χ4n) is 1.28. The van der Waals surface area contributed by atoms with E-state index in [4.69, 9.17) is 14.5 Å². The number of ether oxygens (including phenoxy) is 1. The molecule has 0 aromatic carbocycles. The van der Waals surface area contributed by atoms with Gasteiger partial charge in [-0.2, -0.15) is 0 Å². The maximum Gasteiger partial charge on any atom is 0.469 e. The summed E-state index contributed by atoms with van der Waals surface area (Å²) in [7, 11) is -4.76. The molecule has 9 heteroatoms. The molecule has 0 saturated carbocycles. The number of hydrogen-bond acceptors (Lipinski definition) is 6. The van der Waals surface area contributed by atoms with Crippen LogP contribution in [0.1, 0.15) is 6.92 Å². The van der Waals surface area contributed by atoms with Gasteiger partial charge in [-0.3, -0.25) is 4.52 Å². The van der Waals surface area contributed by atoms with Gasteiger partial charge in [-0.25, -0.2) is 4.57 Å². The normalized spacial score (nSPS) is 42.1. The largest absolute Gasteiger partial charge is 0.469 e. The fraction of sp³-hybridized carbons (Fsp3) is 1.00. The summed E-state index contributed by atoms with van der Waals surface area (Å²) in [6.07, 6.45) is -3.88. The van der Waals surface area contributed by atoms with Crippen molar-refractivity contribution in [1.82, 2.24) is 0 Å². The molecule has 0 amide bonds. The highest BCUT2D eigenvalue weighted by molar-refractivity contribution is 7.46. The molecular weight excluding hydrogens is 231 g/mol. The Hall–Kier alpha value is -0.0500. The molecule has 8 nitrogen and oxygen atoms in total. The lowest BCUT2D eigenvalue weighted by Gasteiger charge is -2.25. The van der Waals surface area contributed by atoms with E-state index in [0.717, 1.165) is 0 Å². The molecule has 15 heavy (non-hydrogen) atoms. The average Bonchev–Trinajstić information content (AvgIpc) is 2.27. The molecule has 1 saturated heterocycles. The summed E-state index contributed by atoms with van der Waals surface area (Å²) in [6, 6.07) is 0. The van der Waals surface area contributed by atoms with Gasteiger partial charge in [0.05, 0.1) is 6.10 Å². The van der Waals surface area contributed by atoms with E-state index in [9.17, 15) is 19.9 Å². The molecule has 0 unspecified atom stereocenters. The lowest BCUT2D eigenvalue weighted by atomic mass is 10.1. The minimum absolute atomic E-state index is 0.856. The van der Waals surface area contributed by atoms with E-state index in [2.05, 4.69) is 4.52 Å². The highest BCUT2D eigenvalue weighted by atomic mass is 31.2. The zero-order valence-electron chi connectivity index (χ0n) is 7.85. The fourth-order valence-corrected chi connectivity index (χ4v) is 1.63. The van der Waals surface area contributed by atoms with Crippen molar-refractivity contribution in [2.75, 3.05) is 6.61 Å². The van der Waals surface area contributed by atoms with Crippen LogP contribution in [0.4, 0.5) is 0 Å². The Morgan fingerprint density at radius 3 is 2.33 bits per heavy atom. The van der Waals surface area contributed by atoms with Crippen LogP contribution in [0, 0.1) is 0 Å². The maximum absolute atomic E-state index is 10.4. The van der Waals surface area contributed by atoms with Crippen LogP contribution < -0.4 is 0 Å². The second kappa shape index (κ2) is 4.08. The van der Waals surface area contributed by atoms with Gasteiger partial charge in [-0.15, -0.1) is 0 Å². The summed E-state index contributed by atoms with van der Waals surface area (Å²) in [4.78, 5) is 16.8. The van der Waals surface area contributed by atoms with Crippen LogP contribution in [0.25, 0.3) is 0 Å². The third-order valence-electron chi connectivity index (χ3n) is 2.10. The van der Waals surface area contributed by atoms with Crippen LogP contribution >= 0.6 is 7.82 Å². The van der Waals surface area contributed by atoms with E-state index in [1.54, 1.807) is 0 Å². The van der Waals surface area contributed by atoms with Crippen molar-refractivity contribution in [3.05, 3.63) is 0 Å². The van der Waals surface area contributed by atoms with E-state index in [1.165, 1.54) is 6.92 Å². The van der Waals surface area contributed by atoms with Crippen molar-refractivity contribution in [2.45, 2.75) is 31.0 Å². The molecule has 0 bridgehead atoms. The first kappa shape index (κ1) is 13.0. The van der Waals surface area contributed by atoms with Crippen LogP contribution in [-0.2, 0) is 13.8 Å². The predicted molar refractivity (Wildman–Crippen MR) is 45.5 cm³/mol. The van der Waals surface area contributed by atoms with Gasteiger partial charge < -0.3 is 29.8 Å². The van der Waals surface area contributed by atoms with Crippen LogP contribution in [0.5, 0.6) is 0 Å². The smallest absolute Gasteiger partial charge is 0.387 e. The van der Waals surface area contributed by atoms with Crippen LogP contribution in [0.3, 0.4) is 0 Å². The van der Waals surface area contributed by atoms with Crippen molar-refractivity contribution in [3.63, 3.8) is 0 Å². The summed E-state index contributed by atoms with van der Waals surface area (Å²) in [5.41, 5.74) is 0. The number of phosphoric acid groups is 1. The molecule has 1 fully saturated rings. The molecule has 5 N–H and O–H groups in total. The van der Waals surface area contributed by atoms with E-state index >= 15 is 0 Å². The average molecular weight is 244 g/mol. The Morgan fingerprint density at radius 2 is 2.00 bits per heavy atom. The van der Waals surface area contributed by atoms with Gasteiger partial charge in [0.25, 0.3) is 0 Å². The molecule has 0 aromatic heterocycles. The molecular formula is C6H13O8P. The summed E-state index contributed by atoms with van der Waals surface area (Å²) in [6.45, 7) is 0.461. The Bertz CT molecular complexity index is 276. The zero-order valence-corrected chi connectivity index (χ0v) is 8.74. The highest BCUT2D eigenvalue weighted by Gasteiger charge is 2.52. The SMILES string of the molecule is C[C@@H]1O[C@](O)(COP(=O)(O)O)[C@H](O)[C@@H]1O. The van der Waals surface area contributed by atoms with Crippen molar-refractivity contribution >= 4 is 7.82 Å². The first-order valence-electron chi connectivity index (χ1n) is 4.12. The van der Waals surface area contributed by atoms with Gasteiger partial charge >= 0.3 is 7.82 Å². The molecule has 1 aliphatic heterocycles. The molecule has 4 atom stereocenters. The third-order valence-corrected chi connectivity index (χ3v) is 2.56. The first-order chi connectivity index (χ1) is 6.66. The lowest BCUT2D eigenvalue weighted by molar-refractivity contribution is -0.241. The molecule has 0 spiro atoms. The number of rotatable bonds is 3. The minimum Gasteiger partial charge on any atom is -0.387 e. The molecule has 0 radical (unpaired) electrons. The molecule has 0 aromatic rings. The molecule has 1 aliphatic rings. The number of phosphoric ester groups is 1. The topological polar surface area (TPSA) is 137 Å². The summed E-state index contributed by atoms with van der Waals surface area (Å²) >= 11 is 0. The second-order valence-electron chi connectivity index (χ2n) is 3.37. The minimum atomic E-state index is -4.76. The van der Waals surface area contributed by atoms with Gasteiger partial charge in [0.2, 0.25) is 5.79 Å². The number of aliphatic hydroxyl groups is 3. The van der Waals surface area contributed by atoms with Crippen LogP contribution in [0.15, 0.2) is 0 Å². The van der Waals surface area contributed by atoms with Gasteiger partial charge in [0, 0.05) is 0 Å². The monoisotopic (exact) mass is 244 g/mol. The molecule has 0 aliphatic carbocycles. The third kappa shape index (κ3) is 2.96. The quantitative estimate of drug-likeness (QED) is 0.357. The summed E-state index contributed by atoms with van der Waals surface area (Å²) < 4.78 is 19.1. The Morgan fingerprint density at radius 1 is 1.47 bits per heavy atom. The molecule has 1 rings (SSSR count). The van der Waals surface area contributed by atoms with Gasteiger partial charge in [0.15, 0.2) is 0 Å². The Labute approximate surface area is 85.3 Å². The lowest BCUT2D eigenvalue weighted by Crippen LogP contribution is -2.46. The van der Waals surface area contributed by atoms with Gasteiger partial charge in [-0.1, -0.05) is 0 Å². The van der Waals surface area contributed by atoms with Crippen LogP contribution in [-0.4, -0.2) is 55.8 Å². The van der Waals surface area contributed by atoms with Crippen molar-refractivity contribution in [2.24, 2.45) is 0 Å². The van der Waals surface area contributed by atoms with Crippen LogP contribution in [0.2, 0.25) is 0 Å². The predicted octanol–water partition coefficient (Wildman–Crippen LogP) is -2.08. The summed E-state index contributed by atoms with van der Waals surface area (Å²) in [5.74, 6) is -2.31. The van der Waals surface area contributed by atoms with E-state index in [1.807, 2.05) is 0 Å². The Kier molecular flexibility index (Phi) is 3.54. The van der Waals surface area contributed by atoms with E-state index in [0.29, 0.717) is 0 Å². The number of hydrogen-bond donors (Lipinski definition) is 5. The van der Waals surface area contributed by atoms with Gasteiger partial charge in [-0.05, 0) is 6.92 Å². The van der Waals surface area contributed by atoms with Crippen molar-refractivity contribution in [3.8, 4) is 0 Å². The molecule has 1 heterocycles. The molecule has 90 valence electrons. The first-order valence-corrected chi connectivity index (χ1v) is 5.65. The highest BCUT2D eigenvalue weighted by Crippen LogP contribution is 2.39. The van der Waals surface area contributed by atoms with Crippen molar-refractivity contribution < 1.29 is 38.9 Å². The Balaban J connectivity index is 2.64. The van der Waals surface area contributed by atoms with Crippen molar-refractivity contribution in [1.29, 1.82) is 0 Å². The number of aliphatic hydroxyl groups excluding tert-OH is 2. The van der Waals surface area contributed by atoms with E-state index in [-0.39, 0.29) is 0 Å². The van der Waals surface area contributed by atoms with Gasteiger partial charge in [0.1, 0.15) is 18.8 Å². The standard InChI is InChI=1S/C6H13O8P/c1-3-4(7)5(8)6(9,14-3)2-13-15(10,11)12/h3-5,7-9H,2H2,1H3,(H2,10,11,12)/t3-,4+,5+,6+/m0/s1. The van der Waals surface area contributed by atoms with E-state index < -0.39 is 38.5 Å². The zero-order chi connectivity index (χ0) is 11.9. The summed E-state index contributed by atoms with van der Waals surface area (Å²) in [5, 5.41) is 28.1.